The number of nitriles is 1. The maximum Gasteiger partial charge on any atom is 0.254 e. The topological polar surface area (TPSA) is 79.7 Å². The van der Waals surface area contributed by atoms with E-state index in [9.17, 15) is 4.79 Å². The lowest BCUT2D eigenvalue weighted by Gasteiger charge is -2.24. The predicted octanol–water partition coefficient (Wildman–Crippen LogP) is 1.92. The van der Waals surface area contributed by atoms with E-state index in [1.807, 2.05) is 28.0 Å². The summed E-state index contributed by atoms with van der Waals surface area (Å²) in [7, 11) is 0. The van der Waals surface area contributed by atoms with Crippen LogP contribution in [0.1, 0.15) is 21.7 Å². The highest BCUT2D eigenvalue weighted by atomic mass is 16.2. The van der Waals surface area contributed by atoms with Crippen molar-refractivity contribution in [1.82, 2.24) is 24.2 Å². The Morgan fingerprint density at radius 3 is 2.96 bits per heavy atom. The fourth-order valence-electron chi connectivity index (χ4n) is 3.39. The average molecular weight is 346 g/mol. The third-order valence-corrected chi connectivity index (χ3v) is 4.60. The number of fused-ring (bicyclic) bond motifs is 1. The average Bonchev–Trinajstić information content (AvgIpc) is 3.30. The molecule has 0 saturated heterocycles. The second-order valence-corrected chi connectivity index (χ2v) is 6.47. The molecule has 3 aromatic rings. The van der Waals surface area contributed by atoms with Gasteiger partial charge in [-0.05, 0) is 24.3 Å². The summed E-state index contributed by atoms with van der Waals surface area (Å²) in [5.41, 5.74) is 1.02. The Morgan fingerprint density at radius 2 is 2.15 bits per heavy atom. The normalized spacial score (nSPS) is 16.6. The van der Waals surface area contributed by atoms with E-state index >= 15 is 0 Å². The molecule has 0 saturated carbocycles. The van der Waals surface area contributed by atoms with Crippen molar-refractivity contribution in [3.05, 3.63) is 72.1 Å². The van der Waals surface area contributed by atoms with E-state index in [0.717, 1.165) is 18.9 Å². The zero-order valence-electron chi connectivity index (χ0n) is 14.2. The van der Waals surface area contributed by atoms with Crippen molar-refractivity contribution in [2.45, 2.75) is 19.6 Å². The number of amides is 1. The first-order valence-electron chi connectivity index (χ1n) is 8.50. The summed E-state index contributed by atoms with van der Waals surface area (Å²) in [5.74, 6) is 1.01. The number of carbonyl (C=O) groups excluding carboxylic acids is 1. The maximum atomic E-state index is 13.1. The highest BCUT2D eigenvalue weighted by Crippen LogP contribution is 2.19. The van der Waals surface area contributed by atoms with Gasteiger partial charge in [0.15, 0.2) is 0 Å². The van der Waals surface area contributed by atoms with Crippen molar-refractivity contribution in [2.24, 2.45) is 5.92 Å². The Hall–Kier alpha value is -3.40. The zero-order valence-corrected chi connectivity index (χ0v) is 14.2. The minimum atomic E-state index is -0.0796. The van der Waals surface area contributed by atoms with Crippen LogP contribution in [0.15, 0.2) is 55.1 Å². The lowest BCUT2D eigenvalue weighted by Crippen LogP contribution is -2.35. The quantitative estimate of drug-likeness (QED) is 0.726. The molecular weight excluding hydrogens is 328 g/mol. The Labute approximate surface area is 151 Å². The van der Waals surface area contributed by atoms with Gasteiger partial charge in [-0.15, -0.1) is 0 Å². The summed E-state index contributed by atoms with van der Waals surface area (Å²) in [6, 6.07) is 10.8. The first kappa shape index (κ1) is 16.1. The summed E-state index contributed by atoms with van der Waals surface area (Å²) in [6.07, 6.45) is 7.41. The lowest BCUT2D eigenvalue weighted by molar-refractivity contribution is 0.0712. The van der Waals surface area contributed by atoms with Gasteiger partial charge in [-0.2, -0.15) is 10.4 Å². The number of carbonyl (C=O) groups is 1. The smallest absolute Gasteiger partial charge is 0.254 e. The standard InChI is InChI=1S/C19H18N6O/c20-10-15-3-1-4-17(9-15)19(26)24-12-16(13-25-7-2-5-22-25)11-23-8-6-21-18(23)14-24/h1-9,16H,11-14H2. The Bertz CT molecular complexity index is 953. The second kappa shape index (κ2) is 6.84. The van der Waals surface area contributed by atoms with Crippen LogP contribution in [0.25, 0.3) is 0 Å². The van der Waals surface area contributed by atoms with Crippen molar-refractivity contribution >= 4 is 5.91 Å². The molecule has 0 fully saturated rings. The minimum Gasteiger partial charge on any atom is -0.333 e. The largest absolute Gasteiger partial charge is 0.333 e. The summed E-state index contributed by atoms with van der Waals surface area (Å²) < 4.78 is 4.00. The van der Waals surface area contributed by atoms with Crippen LogP contribution in [0.5, 0.6) is 0 Å². The molecule has 0 spiro atoms. The number of imidazole rings is 1. The van der Waals surface area contributed by atoms with Crippen LogP contribution in [-0.4, -0.2) is 36.7 Å². The van der Waals surface area contributed by atoms with Gasteiger partial charge in [0, 0.05) is 55.9 Å². The van der Waals surface area contributed by atoms with Crippen LogP contribution >= 0.6 is 0 Å². The molecule has 1 aliphatic rings. The van der Waals surface area contributed by atoms with Crippen molar-refractivity contribution in [3.63, 3.8) is 0 Å². The van der Waals surface area contributed by atoms with Crippen LogP contribution in [0.4, 0.5) is 0 Å². The summed E-state index contributed by atoms with van der Waals surface area (Å²) in [6.45, 7) is 2.58. The van der Waals surface area contributed by atoms with Crippen LogP contribution in [0, 0.1) is 17.2 Å². The third-order valence-electron chi connectivity index (χ3n) is 4.60. The van der Waals surface area contributed by atoms with Crippen molar-refractivity contribution in [3.8, 4) is 6.07 Å². The number of rotatable bonds is 3. The molecule has 7 nitrogen and oxygen atoms in total. The van der Waals surface area contributed by atoms with E-state index in [2.05, 4.69) is 20.7 Å². The summed E-state index contributed by atoms with van der Waals surface area (Å²) >= 11 is 0. The van der Waals surface area contributed by atoms with E-state index in [-0.39, 0.29) is 11.8 Å². The van der Waals surface area contributed by atoms with E-state index < -0.39 is 0 Å². The Kier molecular flexibility index (Phi) is 4.23. The van der Waals surface area contributed by atoms with E-state index in [0.29, 0.717) is 24.2 Å². The molecule has 1 aromatic carbocycles. The molecule has 4 rings (SSSR count). The van der Waals surface area contributed by atoms with Gasteiger partial charge >= 0.3 is 0 Å². The molecule has 0 aliphatic carbocycles. The van der Waals surface area contributed by atoms with Crippen LogP contribution in [0.3, 0.4) is 0 Å². The fourth-order valence-corrected chi connectivity index (χ4v) is 3.39. The molecule has 1 amide bonds. The number of benzene rings is 1. The summed E-state index contributed by atoms with van der Waals surface area (Å²) in [5, 5.41) is 13.4. The van der Waals surface area contributed by atoms with Gasteiger partial charge in [-0.3, -0.25) is 9.48 Å². The third kappa shape index (κ3) is 3.22. The SMILES string of the molecule is N#Cc1cccc(C(=O)N2Cc3nccn3CC(Cn3cccn3)C2)c1. The highest BCUT2D eigenvalue weighted by molar-refractivity contribution is 5.94. The molecule has 1 unspecified atom stereocenters. The van der Waals surface area contributed by atoms with E-state index in [1.165, 1.54) is 0 Å². The highest BCUT2D eigenvalue weighted by Gasteiger charge is 2.26. The molecule has 2 aromatic heterocycles. The molecule has 0 N–H and O–H groups in total. The first-order chi connectivity index (χ1) is 12.7. The molecule has 1 atom stereocenters. The van der Waals surface area contributed by atoms with Crippen molar-refractivity contribution in [2.75, 3.05) is 6.54 Å². The number of nitrogens with zero attached hydrogens (tertiary/aromatic N) is 6. The Morgan fingerprint density at radius 1 is 1.23 bits per heavy atom. The lowest BCUT2D eigenvalue weighted by atomic mass is 10.1. The molecule has 3 heterocycles. The number of aromatic nitrogens is 4. The zero-order chi connectivity index (χ0) is 17.9. The molecule has 7 heteroatoms. The minimum absolute atomic E-state index is 0.0796. The molecule has 26 heavy (non-hydrogen) atoms. The number of hydrogen-bond acceptors (Lipinski definition) is 4. The second-order valence-electron chi connectivity index (χ2n) is 6.47. The monoisotopic (exact) mass is 346 g/mol. The van der Waals surface area contributed by atoms with Gasteiger partial charge < -0.3 is 9.47 Å². The Balaban J connectivity index is 1.61. The first-order valence-corrected chi connectivity index (χ1v) is 8.50. The number of hydrogen-bond donors (Lipinski definition) is 0. The molecule has 0 radical (unpaired) electrons. The van der Waals surface area contributed by atoms with Crippen LogP contribution < -0.4 is 0 Å². The summed E-state index contributed by atoms with van der Waals surface area (Å²) in [4.78, 5) is 19.3. The van der Waals surface area contributed by atoms with Crippen LogP contribution in [0.2, 0.25) is 0 Å². The maximum absolute atomic E-state index is 13.1. The van der Waals surface area contributed by atoms with Crippen molar-refractivity contribution < 1.29 is 4.79 Å². The van der Waals surface area contributed by atoms with E-state index in [1.54, 1.807) is 36.7 Å². The fraction of sp³-hybridized carbons (Fsp3) is 0.263. The molecule has 0 bridgehead atoms. The van der Waals surface area contributed by atoms with Crippen LogP contribution in [-0.2, 0) is 19.6 Å². The van der Waals surface area contributed by atoms with Gasteiger partial charge in [0.25, 0.3) is 5.91 Å². The van der Waals surface area contributed by atoms with Gasteiger partial charge in [0.2, 0.25) is 0 Å². The van der Waals surface area contributed by atoms with Gasteiger partial charge in [-0.25, -0.2) is 4.98 Å². The predicted molar refractivity (Wildman–Crippen MR) is 93.8 cm³/mol. The molecule has 130 valence electrons. The van der Waals surface area contributed by atoms with E-state index in [4.69, 9.17) is 5.26 Å². The van der Waals surface area contributed by atoms with Gasteiger partial charge in [0.1, 0.15) is 5.82 Å². The molecule has 1 aliphatic heterocycles. The van der Waals surface area contributed by atoms with Crippen molar-refractivity contribution in [1.29, 1.82) is 5.26 Å². The van der Waals surface area contributed by atoms with Gasteiger partial charge in [0.05, 0.1) is 18.2 Å². The molecular formula is C19H18N6O. The van der Waals surface area contributed by atoms with Gasteiger partial charge in [-0.1, -0.05) is 6.07 Å².